The van der Waals surface area contributed by atoms with E-state index in [2.05, 4.69) is 15.5 Å². The summed E-state index contributed by atoms with van der Waals surface area (Å²) in [5, 5.41) is 21.6. The van der Waals surface area contributed by atoms with Crippen molar-refractivity contribution in [3.8, 4) is 0 Å². The molecular weight excluding hydrogens is 264 g/mol. The maximum absolute atomic E-state index is 11.7. The molecule has 1 aromatic rings. The van der Waals surface area contributed by atoms with Gasteiger partial charge in [-0.2, -0.15) is 0 Å². The summed E-state index contributed by atoms with van der Waals surface area (Å²) in [6.07, 6.45) is 1.97. The Balaban J connectivity index is 2.12. The molecule has 1 fully saturated rings. The van der Waals surface area contributed by atoms with Crippen molar-refractivity contribution in [2.24, 2.45) is 13.0 Å². The number of aromatic nitrogens is 3. The van der Waals surface area contributed by atoms with Gasteiger partial charge in [0, 0.05) is 12.8 Å². The molecule has 2 rings (SSSR count). The van der Waals surface area contributed by atoms with Gasteiger partial charge in [0.25, 0.3) is 0 Å². The number of carboxylic acids is 1. The van der Waals surface area contributed by atoms with Gasteiger partial charge in [0.15, 0.2) is 5.16 Å². The number of thioether (sulfide) groups is 1. The predicted molar refractivity (Wildman–Crippen MR) is 73.2 cm³/mol. The summed E-state index contributed by atoms with van der Waals surface area (Å²) in [7, 11) is 1.89. The quantitative estimate of drug-likeness (QED) is 0.729. The highest BCUT2D eigenvalue weighted by Gasteiger charge is 2.50. The van der Waals surface area contributed by atoms with Gasteiger partial charge in [-0.25, -0.2) is 0 Å². The Morgan fingerprint density at radius 2 is 2.26 bits per heavy atom. The van der Waals surface area contributed by atoms with E-state index >= 15 is 0 Å². The van der Waals surface area contributed by atoms with Gasteiger partial charge >= 0.3 is 5.97 Å². The van der Waals surface area contributed by atoms with Crippen LogP contribution in [-0.2, 0) is 11.8 Å². The van der Waals surface area contributed by atoms with Crippen molar-refractivity contribution in [3.63, 3.8) is 0 Å². The molecule has 2 N–H and O–H groups in total. The first kappa shape index (κ1) is 14.3. The predicted octanol–water partition coefficient (Wildman–Crippen LogP) is 1.06. The van der Waals surface area contributed by atoms with Crippen molar-refractivity contribution in [1.29, 1.82) is 0 Å². The van der Waals surface area contributed by atoms with Crippen LogP contribution in [0.3, 0.4) is 0 Å². The molecule has 0 amide bonds. The van der Waals surface area contributed by atoms with E-state index in [1.807, 2.05) is 25.5 Å². The molecule has 7 heteroatoms. The highest BCUT2D eigenvalue weighted by Crippen LogP contribution is 2.42. The molecule has 0 aliphatic heterocycles. The fourth-order valence-electron chi connectivity index (χ4n) is 2.21. The van der Waals surface area contributed by atoms with Crippen molar-refractivity contribution in [2.75, 3.05) is 12.3 Å². The normalized spacial score (nSPS) is 18.3. The summed E-state index contributed by atoms with van der Waals surface area (Å²) in [6.45, 7) is 4.48. The van der Waals surface area contributed by atoms with Crippen LogP contribution in [0.25, 0.3) is 0 Å². The lowest BCUT2D eigenvalue weighted by Gasteiger charge is -2.29. The lowest BCUT2D eigenvalue weighted by Crippen LogP contribution is -2.56. The molecule has 6 nitrogen and oxygen atoms in total. The fourth-order valence-corrected chi connectivity index (χ4v) is 3.45. The smallest absolute Gasteiger partial charge is 0.325 e. The number of carboxylic acid groups (broad SMARTS) is 1. The minimum absolute atomic E-state index is 0.228. The van der Waals surface area contributed by atoms with Crippen LogP contribution in [-0.4, -0.2) is 43.7 Å². The monoisotopic (exact) mass is 284 g/mol. The number of nitrogens with one attached hydrogen (secondary N) is 1. The van der Waals surface area contributed by atoms with Crippen LogP contribution < -0.4 is 5.32 Å². The average Bonchev–Trinajstić information content (AvgIpc) is 3.16. The Kier molecular flexibility index (Phi) is 4.15. The summed E-state index contributed by atoms with van der Waals surface area (Å²) < 4.78 is 1.89. The lowest BCUT2D eigenvalue weighted by molar-refractivity contribution is -0.144. The van der Waals surface area contributed by atoms with Crippen LogP contribution in [0, 0.1) is 12.8 Å². The van der Waals surface area contributed by atoms with Crippen LogP contribution in [0.2, 0.25) is 0 Å². The third-order valence-corrected chi connectivity index (χ3v) is 4.84. The number of hydrogen-bond acceptors (Lipinski definition) is 5. The molecule has 1 heterocycles. The molecule has 106 valence electrons. The molecule has 1 aromatic heterocycles. The molecule has 1 unspecified atom stereocenters. The van der Waals surface area contributed by atoms with Gasteiger partial charge in [0.05, 0.1) is 0 Å². The number of hydrogen-bond donors (Lipinski definition) is 2. The zero-order valence-electron chi connectivity index (χ0n) is 11.5. The van der Waals surface area contributed by atoms with Gasteiger partial charge < -0.3 is 15.0 Å². The Hall–Kier alpha value is -1.08. The Morgan fingerprint density at radius 1 is 1.58 bits per heavy atom. The third-order valence-electron chi connectivity index (χ3n) is 3.63. The molecule has 1 aliphatic rings. The van der Waals surface area contributed by atoms with Gasteiger partial charge in [0.1, 0.15) is 11.4 Å². The van der Waals surface area contributed by atoms with Gasteiger partial charge in [-0.1, -0.05) is 18.7 Å². The minimum Gasteiger partial charge on any atom is -0.480 e. The minimum atomic E-state index is -0.834. The second kappa shape index (κ2) is 5.50. The van der Waals surface area contributed by atoms with Crippen molar-refractivity contribution in [2.45, 2.75) is 37.4 Å². The second-order valence-corrected chi connectivity index (χ2v) is 5.90. The largest absolute Gasteiger partial charge is 0.480 e. The molecule has 1 atom stereocenters. The van der Waals surface area contributed by atoms with Crippen LogP contribution in [0.15, 0.2) is 5.16 Å². The lowest BCUT2D eigenvalue weighted by atomic mass is 9.96. The summed E-state index contributed by atoms with van der Waals surface area (Å²) >= 11 is 1.46. The van der Waals surface area contributed by atoms with Crippen molar-refractivity contribution < 1.29 is 9.90 Å². The van der Waals surface area contributed by atoms with Gasteiger partial charge in [-0.15, -0.1) is 10.2 Å². The molecule has 0 spiro atoms. The summed E-state index contributed by atoms with van der Waals surface area (Å²) in [5.41, 5.74) is -0.834. The van der Waals surface area contributed by atoms with Gasteiger partial charge in [-0.05, 0) is 32.2 Å². The number of carbonyl (C=O) groups is 1. The van der Waals surface area contributed by atoms with Crippen molar-refractivity contribution in [1.82, 2.24) is 20.1 Å². The first-order valence-corrected chi connectivity index (χ1v) is 7.47. The Morgan fingerprint density at radius 3 is 2.68 bits per heavy atom. The maximum atomic E-state index is 11.7. The molecule has 1 saturated carbocycles. The van der Waals surface area contributed by atoms with Crippen molar-refractivity contribution >= 4 is 17.7 Å². The van der Waals surface area contributed by atoms with E-state index < -0.39 is 11.5 Å². The summed E-state index contributed by atoms with van der Waals surface area (Å²) in [4.78, 5) is 11.7. The number of aryl methyl sites for hydroxylation is 1. The zero-order chi connectivity index (χ0) is 14.0. The molecule has 1 aliphatic carbocycles. The van der Waals surface area contributed by atoms with E-state index in [0.717, 1.165) is 23.8 Å². The number of nitrogens with zero attached hydrogens (tertiary/aromatic N) is 3. The third kappa shape index (κ3) is 2.76. The highest BCUT2D eigenvalue weighted by molar-refractivity contribution is 7.99. The highest BCUT2D eigenvalue weighted by atomic mass is 32.2. The zero-order valence-corrected chi connectivity index (χ0v) is 12.3. The summed E-state index contributed by atoms with van der Waals surface area (Å²) in [5.74, 6) is 0.778. The van der Waals surface area contributed by atoms with Crippen LogP contribution in [0.1, 0.15) is 25.6 Å². The molecule has 19 heavy (non-hydrogen) atoms. The topological polar surface area (TPSA) is 80.0 Å². The van der Waals surface area contributed by atoms with Crippen LogP contribution >= 0.6 is 11.8 Å². The van der Waals surface area contributed by atoms with E-state index in [4.69, 9.17) is 0 Å². The van der Waals surface area contributed by atoms with E-state index in [0.29, 0.717) is 12.3 Å². The van der Waals surface area contributed by atoms with Gasteiger partial charge in [0.2, 0.25) is 0 Å². The van der Waals surface area contributed by atoms with E-state index in [1.165, 1.54) is 11.8 Å². The van der Waals surface area contributed by atoms with E-state index in [1.54, 1.807) is 0 Å². The van der Waals surface area contributed by atoms with Crippen LogP contribution in [0.5, 0.6) is 0 Å². The SMILES string of the molecule is CCNC(CSc1nnc(C)n1C)(C(=O)O)C1CC1. The number of aliphatic carboxylic acids is 1. The summed E-state index contributed by atoms with van der Waals surface area (Å²) in [6, 6.07) is 0. The average molecular weight is 284 g/mol. The Bertz CT molecular complexity index is 472. The fraction of sp³-hybridized carbons (Fsp3) is 0.750. The number of likely N-dealkylation sites (N-methyl/N-ethyl adjacent to an activating group) is 1. The molecule has 0 radical (unpaired) electrons. The second-order valence-electron chi connectivity index (χ2n) is 4.96. The van der Waals surface area contributed by atoms with Crippen LogP contribution in [0.4, 0.5) is 0 Å². The molecule has 0 aromatic carbocycles. The number of rotatable bonds is 7. The van der Waals surface area contributed by atoms with Gasteiger partial charge in [-0.3, -0.25) is 4.79 Å². The van der Waals surface area contributed by atoms with E-state index in [9.17, 15) is 9.90 Å². The molecule has 0 saturated heterocycles. The molecular formula is C12H20N4O2S. The first-order valence-electron chi connectivity index (χ1n) is 6.48. The first-order chi connectivity index (χ1) is 9.01. The van der Waals surface area contributed by atoms with Crippen molar-refractivity contribution in [3.05, 3.63) is 5.82 Å². The molecule has 0 bridgehead atoms. The maximum Gasteiger partial charge on any atom is 0.325 e. The standard InChI is InChI=1S/C12H20N4O2S/c1-4-13-12(10(17)18,9-5-6-9)7-19-11-15-14-8(2)16(11)3/h9,13H,4-7H2,1-3H3,(H,17,18). The van der Waals surface area contributed by atoms with E-state index in [-0.39, 0.29) is 5.92 Å². The Labute approximate surface area is 117 Å².